The SMILES string of the molecule is [NH-]CCO. The Bertz CT molecular complexity index is 8.00. The highest BCUT2D eigenvalue weighted by molar-refractivity contribution is 4.42. The van der Waals surface area contributed by atoms with Crippen LogP contribution in [0.4, 0.5) is 0 Å². The molecular weight excluding hydrogens is 54.0 g/mol. The molecule has 2 N–H and O–H groups in total. The molecular formula is C2H6NO-. The molecule has 0 fully saturated rings. The molecule has 0 aromatic heterocycles. The lowest BCUT2D eigenvalue weighted by Gasteiger charge is -1.84. The Kier molecular flexibility index (Phi) is 2.86. The van der Waals surface area contributed by atoms with Crippen molar-refractivity contribution in [1.29, 1.82) is 0 Å². The van der Waals surface area contributed by atoms with E-state index in [2.05, 4.69) is 0 Å². The molecule has 0 unspecified atom stereocenters. The van der Waals surface area contributed by atoms with Crippen molar-refractivity contribution in [3.63, 3.8) is 0 Å². The van der Waals surface area contributed by atoms with Crippen LogP contribution in [0.2, 0.25) is 0 Å². The lowest BCUT2D eigenvalue weighted by atomic mass is 10.8. The van der Waals surface area contributed by atoms with E-state index < -0.39 is 0 Å². The summed E-state index contributed by atoms with van der Waals surface area (Å²) in [4.78, 5) is 0. The van der Waals surface area contributed by atoms with Crippen LogP contribution < -0.4 is 0 Å². The lowest BCUT2D eigenvalue weighted by molar-refractivity contribution is 0.315. The Balaban J connectivity index is 1.97. The average Bonchev–Trinajstić information content (AvgIpc) is 1.37. The van der Waals surface area contributed by atoms with Crippen molar-refractivity contribution in [3.8, 4) is 0 Å². The molecule has 0 aliphatic carbocycles. The van der Waals surface area contributed by atoms with E-state index in [1.54, 1.807) is 0 Å². The number of aliphatic hydroxyl groups excluding tert-OH is 1. The zero-order chi connectivity index (χ0) is 3.41. The Morgan fingerprint density at radius 2 is 2.00 bits per heavy atom. The summed E-state index contributed by atoms with van der Waals surface area (Å²) in [6, 6.07) is 0. The summed E-state index contributed by atoms with van der Waals surface area (Å²) in [6.07, 6.45) is 0. The third-order valence-corrected chi connectivity index (χ3v) is 0.112. The van der Waals surface area contributed by atoms with Crippen LogP contribution >= 0.6 is 0 Å². The van der Waals surface area contributed by atoms with Crippen molar-refractivity contribution in [2.45, 2.75) is 0 Å². The van der Waals surface area contributed by atoms with Crippen LogP contribution in [0.15, 0.2) is 0 Å². The van der Waals surface area contributed by atoms with E-state index in [1.165, 1.54) is 0 Å². The first-order valence-corrected chi connectivity index (χ1v) is 1.17. The summed E-state index contributed by atoms with van der Waals surface area (Å²) in [5.41, 5.74) is 6.20. The minimum Gasteiger partial charge on any atom is -0.676 e. The number of nitrogens with one attached hydrogen (secondary N) is 1. The molecule has 0 saturated heterocycles. The van der Waals surface area contributed by atoms with Gasteiger partial charge in [0.05, 0.1) is 0 Å². The van der Waals surface area contributed by atoms with Crippen LogP contribution in [0.1, 0.15) is 0 Å². The van der Waals surface area contributed by atoms with E-state index in [9.17, 15) is 0 Å². The Morgan fingerprint density at radius 3 is 2.00 bits per heavy atom. The smallest absolute Gasteiger partial charge is 0.0241 e. The molecule has 0 aliphatic rings. The topological polar surface area (TPSA) is 44.0 Å². The zero-order valence-corrected chi connectivity index (χ0v) is 2.36. The van der Waals surface area contributed by atoms with E-state index in [1.807, 2.05) is 0 Å². The summed E-state index contributed by atoms with van der Waals surface area (Å²) >= 11 is 0. The van der Waals surface area contributed by atoms with E-state index in [4.69, 9.17) is 10.8 Å². The lowest BCUT2D eigenvalue weighted by Crippen LogP contribution is -1.78. The van der Waals surface area contributed by atoms with Gasteiger partial charge in [0.25, 0.3) is 0 Å². The molecule has 26 valence electrons. The molecule has 0 spiro atoms. The summed E-state index contributed by atoms with van der Waals surface area (Å²) in [5.74, 6) is 0. The van der Waals surface area contributed by atoms with E-state index in [0.717, 1.165) is 0 Å². The first-order valence-electron chi connectivity index (χ1n) is 1.17. The Hall–Kier alpha value is -0.0800. The minimum absolute atomic E-state index is 0.0139. The van der Waals surface area contributed by atoms with E-state index in [0.29, 0.717) is 0 Å². The van der Waals surface area contributed by atoms with Crippen molar-refractivity contribution in [1.82, 2.24) is 0 Å². The van der Waals surface area contributed by atoms with Crippen LogP contribution in [0.25, 0.3) is 5.73 Å². The number of hydrogen-bond acceptors (Lipinski definition) is 1. The molecule has 4 heavy (non-hydrogen) atoms. The first-order chi connectivity index (χ1) is 1.91. The molecule has 2 heteroatoms. The third kappa shape index (κ3) is 1.92. The standard InChI is InChI=1S/C2H6NO/c3-1-2-4/h3-4H,1-2H2/q-1. The van der Waals surface area contributed by atoms with Gasteiger partial charge in [-0.25, -0.2) is 0 Å². The van der Waals surface area contributed by atoms with Crippen LogP contribution in [0.3, 0.4) is 0 Å². The molecule has 0 rings (SSSR count). The number of hydrogen-bond donors (Lipinski definition) is 1. The van der Waals surface area contributed by atoms with Gasteiger partial charge in [0, 0.05) is 6.61 Å². The predicted molar refractivity (Wildman–Crippen MR) is 16.3 cm³/mol. The Morgan fingerprint density at radius 1 is 1.75 bits per heavy atom. The molecule has 0 aliphatic heterocycles. The second kappa shape index (κ2) is 2.92. The fourth-order valence-corrected chi connectivity index (χ4v) is 0. The van der Waals surface area contributed by atoms with Crippen LogP contribution in [0, 0.1) is 0 Å². The number of aliphatic hydroxyl groups is 1. The van der Waals surface area contributed by atoms with Gasteiger partial charge in [0.15, 0.2) is 0 Å². The molecule has 0 amide bonds. The zero-order valence-electron chi connectivity index (χ0n) is 2.36. The molecule has 0 heterocycles. The van der Waals surface area contributed by atoms with Gasteiger partial charge < -0.3 is 10.8 Å². The molecule has 0 aromatic rings. The highest BCUT2D eigenvalue weighted by atomic mass is 16.3. The van der Waals surface area contributed by atoms with Crippen molar-refractivity contribution in [3.05, 3.63) is 5.73 Å². The quantitative estimate of drug-likeness (QED) is 0.456. The monoisotopic (exact) mass is 60.0 g/mol. The van der Waals surface area contributed by atoms with E-state index >= 15 is 0 Å². The summed E-state index contributed by atoms with van der Waals surface area (Å²) in [5, 5.41) is 7.69. The third-order valence-electron chi connectivity index (χ3n) is 0.112. The summed E-state index contributed by atoms with van der Waals surface area (Å²) in [6.45, 7) is 0.111. The maximum Gasteiger partial charge on any atom is 0.0241 e. The van der Waals surface area contributed by atoms with Gasteiger partial charge in [0.1, 0.15) is 0 Å². The molecule has 0 radical (unpaired) electrons. The minimum atomic E-state index is -0.0139. The molecule has 0 saturated carbocycles. The van der Waals surface area contributed by atoms with Gasteiger partial charge >= 0.3 is 0 Å². The highest BCUT2D eigenvalue weighted by Gasteiger charge is 1.46. The Labute approximate surface area is 25.2 Å². The number of rotatable bonds is 1. The van der Waals surface area contributed by atoms with E-state index in [-0.39, 0.29) is 13.2 Å². The molecule has 0 atom stereocenters. The van der Waals surface area contributed by atoms with Gasteiger partial charge in [-0.3, -0.25) is 0 Å². The predicted octanol–water partition coefficient (Wildman–Crippen LogP) is 0.0309. The normalized spacial score (nSPS) is 7.50. The molecule has 2 nitrogen and oxygen atoms in total. The van der Waals surface area contributed by atoms with Gasteiger partial charge in [-0.2, -0.15) is 0 Å². The van der Waals surface area contributed by atoms with Gasteiger partial charge in [-0.1, -0.05) is 0 Å². The maximum atomic E-state index is 7.69. The van der Waals surface area contributed by atoms with Crippen molar-refractivity contribution in [2.75, 3.05) is 13.2 Å². The van der Waals surface area contributed by atoms with Crippen LogP contribution in [-0.2, 0) is 0 Å². The maximum absolute atomic E-state index is 7.69. The first kappa shape index (κ1) is 3.92. The second-order valence-electron chi connectivity index (χ2n) is 0.474. The van der Waals surface area contributed by atoms with Gasteiger partial charge in [-0.15, -0.1) is 6.54 Å². The highest BCUT2D eigenvalue weighted by Crippen LogP contribution is 1.50. The van der Waals surface area contributed by atoms with Gasteiger partial charge in [0.2, 0.25) is 0 Å². The van der Waals surface area contributed by atoms with Crippen LogP contribution in [-0.4, -0.2) is 18.3 Å². The fourth-order valence-electron chi connectivity index (χ4n) is 0. The average molecular weight is 60.1 g/mol. The van der Waals surface area contributed by atoms with Crippen molar-refractivity contribution in [2.24, 2.45) is 0 Å². The molecule has 0 aromatic carbocycles. The molecule has 0 bridgehead atoms. The van der Waals surface area contributed by atoms with Gasteiger partial charge in [-0.05, 0) is 0 Å². The van der Waals surface area contributed by atoms with Crippen molar-refractivity contribution < 1.29 is 5.11 Å². The summed E-state index contributed by atoms with van der Waals surface area (Å²) < 4.78 is 0. The van der Waals surface area contributed by atoms with Crippen LogP contribution in [0.5, 0.6) is 0 Å². The summed E-state index contributed by atoms with van der Waals surface area (Å²) in [7, 11) is 0. The second-order valence-corrected chi connectivity index (χ2v) is 0.474. The van der Waals surface area contributed by atoms with Crippen molar-refractivity contribution >= 4 is 0 Å². The largest absolute Gasteiger partial charge is 0.676 e. The fraction of sp³-hybridized carbons (Fsp3) is 1.00.